The average molecular weight is 427 g/mol. The lowest BCUT2D eigenvalue weighted by atomic mass is 10.2. The number of hydrogen-bond acceptors (Lipinski definition) is 5. The summed E-state index contributed by atoms with van der Waals surface area (Å²) in [5.41, 5.74) is -0.214. The predicted octanol–water partition coefficient (Wildman–Crippen LogP) is 1.76. The van der Waals surface area contributed by atoms with Gasteiger partial charge < -0.3 is 10.2 Å². The highest BCUT2D eigenvalue weighted by atomic mass is 35.5. The van der Waals surface area contributed by atoms with Gasteiger partial charge in [0.05, 0.1) is 11.3 Å². The number of amides is 1. The van der Waals surface area contributed by atoms with Crippen molar-refractivity contribution in [1.29, 1.82) is 0 Å². The molecule has 2 heterocycles. The van der Waals surface area contributed by atoms with E-state index in [0.29, 0.717) is 26.2 Å². The molecule has 0 radical (unpaired) electrons. The normalized spacial score (nSPS) is 15.4. The molecule has 10 heteroatoms. The molecule has 0 unspecified atom stereocenters. The number of halogens is 2. The molecule has 1 amide bonds. The Balaban J connectivity index is 1.51. The summed E-state index contributed by atoms with van der Waals surface area (Å²) >= 11 is 5.77. The summed E-state index contributed by atoms with van der Waals surface area (Å²) in [6.07, 6.45) is 1.70. The zero-order valence-electron chi connectivity index (χ0n) is 15.0. The summed E-state index contributed by atoms with van der Waals surface area (Å²) in [7, 11) is -3.53. The Hall–Kier alpha value is -2.23. The second-order valence-corrected chi connectivity index (χ2v) is 8.80. The fourth-order valence-electron chi connectivity index (χ4n) is 2.93. The molecular weight excluding hydrogens is 407 g/mol. The Morgan fingerprint density at radius 1 is 1.18 bits per heavy atom. The van der Waals surface area contributed by atoms with Gasteiger partial charge in [-0.3, -0.25) is 4.79 Å². The molecule has 7 nitrogen and oxygen atoms in total. The number of piperazine rings is 1. The Morgan fingerprint density at radius 2 is 1.93 bits per heavy atom. The summed E-state index contributed by atoms with van der Waals surface area (Å²) in [5, 5.41) is 2.66. The van der Waals surface area contributed by atoms with E-state index in [9.17, 15) is 17.6 Å². The van der Waals surface area contributed by atoms with Crippen molar-refractivity contribution in [1.82, 2.24) is 14.6 Å². The van der Waals surface area contributed by atoms with Crippen LogP contribution >= 0.6 is 11.6 Å². The van der Waals surface area contributed by atoms with Gasteiger partial charge in [0, 0.05) is 43.9 Å². The summed E-state index contributed by atoms with van der Waals surface area (Å²) in [5.74, 6) is -0.856. The molecule has 28 heavy (non-hydrogen) atoms. The maximum Gasteiger partial charge on any atom is 0.254 e. The number of aromatic nitrogens is 1. The third-order valence-electron chi connectivity index (χ3n) is 4.42. The fourth-order valence-corrected chi connectivity index (χ4v) is 4.44. The molecule has 0 spiro atoms. The summed E-state index contributed by atoms with van der Waals surface area (Å²) in [6.45, 7) is 1.64. The van der Waals surface area contributed by atoms with Crippen molar-refractivity contribution in [3.05, 3.63) is 59.0 Å². The van der Waals surface area contributed by atoms with Crippen LogP contribution in [0.1, 0.15) is 10.4 Å². The zero-order valence-corrected chi connectivity index (χ0v) is 16.6. The number of benzene rings is 1. The monoisotopic (exact) mass is 426 g/mol. The van der Waals surface area contributed by atoms with Crippen molar-refractivity contribution in [2.75, 3.05) is 43.4 Å². The SMILES string of the molecule is O=C(NCCS(=O)(=O)N1CCN(c2ccccn2)CC1)c1cc(Cl)ccc1F. The van der Waals surface area contributed by atoms with Crippen LogP contribution in [-0.4, -0.2) is 62.1 Å². The van der Waals surface area contributed by atoms with E-state index in [0.717, 1.165) is 11.9 Å². The van der Waals surface area contributed by atoms with Crippen molar-refractivity contribution in [3.63, 3.8) is 0 Å². The van der Waals surface area contributed by atoms with Gasteiger partial charge in [0.25, 0.3) is 5.91 Å². The van der Waals surface area contributed by atoms with Gasteiger partial charge in [0.2, 0.25) is 10.0 Å². The Bertz CT molecular complexity index is 935. The van der Waals surface area contributed by atoms with Crippen LogP contribution in [0.3, 0.4) is 0 Å². The zero-order chi connectivity index (χ0) is 20.1. The molecular formula is C18H20ClFN4O3S. The molecule has 0 bridgehead atoms. The van der Waals surface area contributed by atoms with Crippen LogP contribution in [-0.2, 0) is 10.0 Å². The molecule has 150 valence electrons. The molecule has 0 aliphatic carbocycles. The van der Waals surface area contributed by atoms with Gasteiger partial charge in [0.1, 0.15) is 11.6 Å². The van der Waals surface area contributed by atoms with Crippen LogP contribution in [0.2, 0.25) is 5.02 Å². The molecule has 0 saturated carbocycles. The van der Waals surface area contributed by atoms with E-state index < -0.39 is 21.7 Å². The summed E-state index contributed by atoms with van der Waals surface area (Å²) in [6, 6.07) is 9.23. The van der Waals surface area contributed by atoms with Crippen molar-refractivity contribution < 1.29 is 17.6 Å². The second-order valence-electron chi connectivity index (χ2n) is 6.27. The number of hydrogen-bond donors (Lipinski definition) is 1. The highest BCUT2D eigenvalue weighted by molar-refractivity contribution is 7.89. The van der Waals surface area contributed by atoms with Crippen LogP contribution < -0.4 is 10.2 Å². The first-order valence-electron chi connectivity index (χ1n) is 8.74. The number of pyridine rings is 1. The number of carbonyl (C=O) groups is 1. The lowest BCUT2D eigenvalue weighted by Gasteiger charge is -2.34. The minimum atomic E-state index is -3.53. The summed E-state index contributed by atoms with van der Waals surface area (Å²) in [4.78, 5) is 18.3. The van der Waals surface area contributed by atoms with E-state index in [2.05, 4.69) is 10.3 Å². The standard InChI is InChI=1S/C18H20ClFN4O3S/c19-14-4-5-16(20)15(13-14)18(25)22-7-12-28(26,27)24-10-8-23(9-11-24)17-3-1-2-6-21-17/h1-6,13H,7-12H2,(H,22,25). The molecule has 1 aliphatic rings. The van der Waals surface area contributed by atoms with Crippen molar-refractivity contribution in [2.45, 2.75) is 0 Å². The number of nitrogens with zero attached hydrogens (tertiary/aromatic N) is 3. The van der Waals surface area contributed by atoms with Gasteiger partial charge >= 0.3 is 0 Å². The maximum atomic E-state index is 13.7. The first-order valence-corrected chi connectivity index (χ1v) is 10.7. The lowest BCUT2D eigenvalue weighted by molar-refractivity contribution is 0.0952. The molecule has 3 rings (SSSR count). The minimum Gasteiger partial charge on any atom is -0.354 e. The number of anilines is 1. The predicted molar refractivity (Wildman–Crippen MR) is 106 cm³/mol. The fraction of sp³-hybridized carbons (Fsp3) is 0.333. The Labute approximate surface area is 168 Å². The molecule has 1 aromatic heterocycles. The third-order valence-corrected chi connectivity index (χ3v) is 6.53. The molecule has 0 atom stereocenters. The van der Waals surface area contributed by atoms with Crippen molar-refractivity contribution >= 4 is 33.3 Å². The van der Waals surface area contributed by atoms with E-state index in [1.165, 1.54) is 16.4 Å². The maximum absolute atomic E-state index is 13.7. The lowest BCUT2D eigenvalue weighted by Crippen LogP contribution is -2.50. The van der Waals surface area contributed by atoms with Crippen molar-refractivity contribution in [3.8, 4) is 0 Å². The Kier molecular flexibility index (Phi) is 6.48. The van der Waals surface area contributed by atoms with Gasteiger partial charge in [-0.1, -0.05) is 17.7 Å². The van der Waals surface area contributed by atoms with Gasteiger partial charge in [0.15, 0.2) is 0 Å². The van der Waals surface area contributed by atoms with Crippen molar-refractivity contribution in [2.24, 2.45) is 0 Å². The van der Waals surface area contributed by atoms with Gasteiger partial charge in [-0.2, -0.15) is 4.31 Å². The van der Waals surface area contributed by atoms with E-state index in [4.69, 9.17) is 11.6 Å². The molecule has 2 aromatic rings. The van der Waals surface area contributed by atoms with Gasteiger partial charge in [-0.15, -0.1) is 0 Å². The summed E-state index contributed by atoms with van der Waals surface area (Å²) < 4.78 is 40.1. The van der Waals surface area contributed by atoms with E-state index in [1.54, 1.807) is 6.20 Å². The van der Waals surface area contributed by atoms with Crippen LogP contribution in [0.4, 0.5) is 10.2 Å². The third kappa shape index (κ3) is 4.98. The molecule has 1 fully saturated rings. The van der Waals surface area contributed by atoms with Crippen LogP contribution in [0, 0.1) is 5.82 Å². The molecule has 1 aliphatic heterocycles. The molecule has 1 aromatic carbocycles. The van der Waals surface area contributed by atoms with Crippen LogP contribution in [0.25, 0.3) is 0 Å². The van der Waals surface area contributed by atoms with E-state index >= 15 is 0 Å². The van der Waals surface area contributed by atoms with Gasteiger partial charge in [-0.25, -0.2) is 17.8 Å². The van der Waals surface area contributed by atoms with Crippen LogP contribution in [0.5, 0.6) is 0 Å². The second kappa shape index (κ2) is 8.85. The molecule has 1 N–H and O–H groups in total. The number of rotatable bonds is 6. The van der Waals surface area contributed by atoms with E-state index in [-0.39, 0.29) is 22.9 Å². The first kappa shape index (κ1) is 20.5. The number of carbonyl (C=O) groups excluding carboxylic acids is 1. The highest BCUT2D eigenvalue weighted by Gasteiger charge is 2.27. The molecule has 1 saturated heterocycles. The smallest absolute Gasteiger partial charge is 0.254 e. The van der Waals surface area contributed by atoms with Gasteiger partial charge in [-0.05, 0) is 30.3 Å². The number of nitrogens with one attached hydrogen (secondary N) is 1. The number of sulfonamides is 1. The average Bonchev–Trinajstić information content (AvgIpc) is 2.70. The Morgan fingerprint density at radius 3 is 2.61 bits per heavy atom. The quantitative estimate of drug-likeness (QED) is 0.761. The van der Waals surface area contributed by atoms with Crippen LogP contribution in [0.15, 0.2) is 42.6 Å². The van der Waals surface area contributed by atoms with E-state index in [1.807, 2.05) is 23.1 Å². The topological polar surface area (TPSA) is 82.6 Å². The first-order chi connectivity index (χ1) is 13.4. The largest absolute Gasteiger partial charge is 0.354 e. The minimum absolute atomic E-state index is 0.117. The highest BCUT2D eigenvalue weighted by Crippen LogP contribution is 2.16.